The Morgan fingerprint density at radius 2 is 1.94 bits per heavy atom. The molecular weight excluding hydrogens is 200 g/mol. The fourth-order valence-corrected chi connectivity index (χ4v) is 3.10. The molecule has 0 radical (unpaired) electrons. The van der Waals surface area contributed by atoms with E-state index in [0.29, 0.717) is 5.69 Å². The van der Waals surface area contributed by atoms with E-state index >= 15 is 0 Å². The van der Waals surface area contributed by atoms with Crippen LogP contribution in [0.2, 0.25) is 0 Å². The van der Waals surface area contributed by atoms with Gasteiger partial charge in [0.2, 0.25) is 5.91 Å². The highest BCUT2D eigenvalue weighted by Gasteiger charge is 2.46. The molecule has 1 aliphatic carbocycles. The number of anilines is 2. The molecule has 84 valence electrons. The highest BCUT2D eigenvalue weighted by atomic mass is 16.2. The van der Waals surface area contributed by atoms with E-state index in [-0.39, 0.29) is 11.3 Å². The summed E-state index contributed by atoms with van der Waals surface area (Å²) in [6.07, 6.45) is 5.51. The number of nitrogens with two attached hydrogens (primary N) is 1. The third-order valence-corrected chi connectivity index (χ3v) is 3.95. The molecule has 0 saturated heterocycles. The molecule has 16 heavy (non-hydrogen) atoms. The number of carbonyl (C=O) groups is 1. The Morgan fingerprint density at radius 3 is 2.69 bits per heavy atom. The SMILES string of the molecule is Nc1ccc2c(c1)NC(=O)C21CCCCC1. The van der Waals surface area contributed by atoms with Crippen LogP contribution in [0.1, 0.15) is 37.7 Å². The summed E-state index contributed by atoms with van der Waals surface area (Å²) in [6, 6.07) is 5.79. The number of amides is 1. The van der Waals surface area contributed by atoms with Crippen molar-refractivity contribution in [1.29, 1.82) is 0 Å². The van der Waals surface area contributed by atoms with E-state index in [0.717, 1.165) is 36.9 Å². The maximum Gasteiger partial charge on any atom is 0.235 e. The Balaban J connectivity index is 2.11. The van der Waals surface area contributed by atoms with Crippen molar-refractivity contribution in [1.82, 2.24) is 0 Å². The first-order valence-corrected chi connectivity index (χ1v) is 5.94. The van der Waals surface area contributed by atoms with Gasteiger partial charge in [-0.1, -0.05) is 25.3 Å². The summed E-state index contributed by atoms with van der Waals surface area (Å²) in [5.41, 5.74) is 8.29. The van der Waals surface area contributed by atoms with Crippen molar-refractivity contribution >= 4 is 17.3 Å². The number of hydrogen-bond donors (Lipinski definition) is 2. The van der Waals surface area contributed by atoms with Crippen LogP contribution in [0.15, 0.2) is 18.2 Å². The first-order valence-electron chi connectivity index (χ1n) is 5.94. The minimum absolute atomic E-state index is 0.174. The highest BCUT2D eigenvalue weighted by molar-refractivity contribution is 6.06. The van der Waals surface area contributed by atoms with E-state index in [1.54, 1.807) is 0 Å². The number of rotatable bonds is 0. The summed E-state index contributed by atoms with van der Waals surface area (Å²) < 4.78 is 0. The summed E-state index contributed by atoms with van der Waals surface area (Å²) in [7, 11) is 0. The molecule has 1 aliphatic heterocycles. The van der Waals surface area contributed by atoms with Gasteiger partial charge in [0.1, 0.15) is 0 Å². The van der Waals surface area contributed by atoms with Crippen LogP contribution in [0.3, 0.4) is 0 Å². The van der Waals surface area contributed by atoms with E-state index in [4.69, 9.17) is 5.73 Å². The van der Waals surface area contributed by atoms with Crippen LogP contribution >= 0.6 is 0 Å². The molecular formula is C13H16N2O. The predicted octanol–water partition coefficient (Wildman–Crippen LogP) is 2.42. The topological polar surface area (TPSA) is 55.1 Å². The average Bonchev–Trinajstić information content (AvgIpc) is 2.53. The third-order valence-electron chi connectivity index (χ3n) is 3.95. The van der Waals surface area contributed by atoms with E-state index in [2.05, 4.69) is 5.32 Å². The molecule has 1 spiro atoms. The molecule has 0 atom stereocenters. The van der Waals surface area contributed by atoms with Crippen LogP contribution in [0.5, 0.6) is 0 Å². The van der Waals surface area contributed by atoms with Crippen LogP contribution in [0.4, 0.5) is 11.4 Å². The Bertz CT molecular complexity index is 447. The lowest BCUT2D eigenvalue weighted by Crippen LogP contribution is -2.36. The van der Waals surface area contributed by atoms with E-state index in [1.807, 2.05) is 18.2 Å². The molecule has 2 aliphatic rings. The normalized spacial score (nSPS) is 21.9. The Kier molecular flexibility index (Phi) is 1.96. The van der Waals surface area contributed by atoms with Gasteiger partial charge in [0.25, 0.3) is 0 Å². The van der Waals surface area contributed by atoms with E-state index in [1.165, 1.54) is 6.42 Å². The quantitative estimate of drug-likeness (QED) is 0.654. The smallest absolute Gasteiger partial charge is 0.235 e. The Labute approximate surface area is 95.0 Å². The van der Waals surface area contributed by atoms with Gasteiger partial charge in [0.15, 0.2) is 0 Å². The molecule has 3 rings (SSSR count). The molecule has 1 aromatic carbocycles. The summed E-state index contributed by atoms with van der Waals surface area (Å²) in [6.45, 7) is 0. The maximum absolute atomic E-state index is 12.2. The van der Waals surface area contributed by atoms with Gasteiger partial charge >= 0.3 is 0 Å². The molecule has 1 heterocycles. The highest BCUT2D eigenvalue weighted by Crippen LogP contribution is 2.47. The van der Waals surface area contributed by atoms with E-state index in [9.17, 15) is 4.79 Å². The standard InChI is InChI=1S/C13H16N2O/c14-9-4-5-10-11(8-9)15-12(16)13(10)6-2-1-3-7-13/h4-5,8H,1-3,6-7,14H2,(H,15,16). The van der Waals surface area contributed by atoms with Crippen molar-refractivity contribution in [2.45, 2.75) is 37.5 Å². The lowest BCUT2D eigenvalue weighted by molar-refractivity contribution is -0.121. The number of carbonyl (C=O) groups excluding carboxylic acids is 1. The number of benzene rings is 1. The lowest BCUT2D eigenvalue weighted by Gasteiger charge is -2.31. The number of hydrogen-bond acceptors (Lipinski definition) is 2. The maximum atomic E-state index is 12.2. The fraction of sp³-hybridized carbons (Fsp3) is 0.462. The second kappa shape index (κ2) is 3.24. The minimum atomic E-state index is -0.249. The van der Waals surface area contributed by atoms with Gasteiger partial charge < -0.3 is 11.1 Å². The Hall–Kier alpha value is -1.51. The van der Waals surface area contributed by atoms with Crippen molar-refractivity contribution < 1.29 is 4.79 Å². The molecule has 3 heteroatoms. The molecule has 3 nitrogen and oxygen atoms in total. The van der Waals surface area contributed by atoms with Crippen LogP contribution in [0, 0.1) is 0 Å². The minimum Gasteiger partial charge on any atom is -0.399 e. The van der Waals surface area contributed by atoms with Gasteiger partial charge in [0.05, 0.1) is 5.41 Å². The summed E-state index contributed by atoms with van der Waals surface area (Å²) in [5, 5.41) is 2.98. The zero-order chi connectivity index (χ0) is 11.2. The number of nitrogen functional groups attached to an aromatic ring is 1. The van der Waals surface area contributed by atoms with Crippen LogP contribution in [-0.2, 0) is 10.2 Å². The van der Waals surface area contributed by atoms with Crippen LogP contribution in [0.25, 0.3) is 0 Å². The lowest BCUT2D eigenvalue weighted by atomic mass is 9.70. The van der Waals surface area contributed by atoms with E-state index < -0.39 is 0 Å². The third kappa shape index (κ3) is 1.17. The van der Waals surface area contributed by atoms with Gasteiger partial charge in [-0.2, -0.15) is 0 Å². The van der Waals surface area contributed by atoms with Crippen LogP contribution in [-0.4, -0.2) is 5.91 Å². The number of nitrogens with one attached hydrogen (secondary N) is 1. The predicted molar refractivity (Wildman–Crippen MR) is 64.2 cm³/mol. The van der Waals surface area contributed by atoms with Crippen molar-refractivity contribution in [3.05, 3.63) is 23.8 Å². The summed E-state index contributed by atoms with van der Waals surface area (Å²) in [5.74, 6) is 0.174. The monoisotopic (exact) mass is 216 g/mol. The molecule has 1 fully saturated rings. The number of fused-ring (bicyclic) bond motifs is 2. The van der Waals surface area contributed by atoms with Crippen LogP contribution < -0.4 is 11.1 Å². The first kappa shape index (κ1) is 9.70. The second-order valence-electron chi connectivity index (χ2n) is 4.90. The zero-order valence-corrected chi connectivity index (χ0v) is 9.25. The molecule has 1 saturated carbocycles. The molecule has 0 bridgehead atoms. The van der Waals surface area contributed by atoms with Crippen molar-refractivity contribution in [3.8, 4) is 0 Å². The van der Waals surface area contributed by atoms with Gasteiger partial charge in [-0.05, 0) is 30.5 Å². The first-order chi connectivity index (χ1) is 7.72. The van der Waals surface area contributed by atoms with Gasteiger partial charge in [0, 0.05) is 11.4 Å². The van der Waals surface area contributed by atoms with Crippen molar-refractivity contribution in [2.75, 3.05) is 11.1 Å². The molecule has 3 N–H and O–H groups in total. The largest absolute Gasteiger partial charge is 0.399 e. The van der Waals surface area contributed by atoms with Crippen molar-refractivity contribution in [3.63, 3.8) is 0 Å². The zero-order valence-electron chi connectivity index (χ0n) is 9.25. The molecule has 0 unspecified atom stereocenters. The Morgan fingerprint density at radius 1 is 1.19 bits per heavy atom. The average molecular weight is 216 g/mol. The van der Waals surface area contributed by atoms with Gasteiger partial charge in [-0.15, -0.1) is 0 Å². The van der Waals surface area contributed by atoms with Gasteiger partial charge in [-0.3, -0.25) is 4.79 Å². The fourth-order valence-electron chi connectivity index (χ4n) is 3.10. The summed E-state index contributed by atoms with van der Waals surface area (Å²) in [4.78, 5) is 12.2. The van der Waals surface area contributed by atoms with Gasteiger partial charge in [-0.25, -0.2) is 0 Å². The molecule has 0 aromatic heterocycles. The second-order valence-corrected chi connectivity index (χ2v) is 4.90. The summed E-state index contributed by atoms with van der Waals surface area (Å²) >= 11 is 0. The van der Waals surface area contributed by atoms with Crippen molar-refractivity contribution in [2.24, 2.45) is 0 Å². The molecule has 1 aromatic rings. The molecule has 1 amide bonds.